The fraction of sp³-hybridized carbons (Fsp3) is 0.167. The van der Waals surface area contributed by atoms with Crippen LogP contribution in [0.5, 0.6) is 0 Å². The van der Waals surface area contributed by atoms with Gasteiger partial charge in [-0.25, -0.2) is 9.67 Å². The molecular formula is C24H22ClN5O2. The highest BCUT2D eigenvalue weighted by molar-refractivity contribution is 6.31. The van der Waals surface area contributed by atoms with Crippen LogP contribution in [0.25, 0.3) is 17.2 Å². The van der Waals surface area contributed by atoms with Crippen LogP contribution in [0.1, 0.15) is 17.0 Å². The summed E-state index contributed by atoms with van der Waals surface area (Å²) >= 11 is 6.16. The molecule has 32 heavy (non-hydrogen) atoms. The minimum absolute atomic E-state index is 0.222. The minimum Gasteiger partial charge on any atom is -0.324 e. The van der Waals surface area contributed by atoms with Crippen LogP contribution in [-0.4, -0.2) is 25.2 Å². The molecule has 1 N–H and O–H groups in total. The van der Waals surface area contributed by atoms with Gasteiger partial charge in [0.1, 0.15) is 6.54 Å². The van der Waals surface area contributed by atoms with Crippen LogP contribution in [0, 0.1) is 20.8 Å². The first kappa shape index (κ1) is 21.5. The van der Waals surface area contributed by atoms with Crippen molar-refractivity contribution in [2.75, 3.05) is 5.32 Å². The standard InChI is InChI=1S/C24H22ClN5O2/c1-15-9-10-19(12-20(15)25)26-22(31)14-29-23(32)13-21(18-7-5-4-6-8-18)27-24(29)30-17(3)11-16(2)28-30/h4-13H,14H2,1-3H3,(H,26,31). The lowest BCUT2D eigenvalue weighted by Gasteiger charge is -2.15. The zero-order valence-corrected chi connectivity index (χ0v) is 18.7. The van der Waals surface area contributed by atoms with Gasteiger partial charge in [0.25, 0.3) is 5.56 Å². The summed E-state index contributed by atoms with van der Waals surface area (Å²) in [6.45, 7) is 5.40. The molecule has 4 aromatic rings. The van der Waals surface area contributed by atoms with Gasteiger partial charge in [-0.1, -0.05) is 48.0 Å². The second-order valence-electron chi connectivity index (χ2n) is 7.58. The number of halogens is 1. The van der Waals surface area contributed by atoms with E-state index in [0.29, 0.717) is 16.4 Å². The lowest BCUT2D eigenvalue weighted by atomic mass is 10.1. The van der Waals surface area contributed by atoms with Gasteiger partial charge in [-0.15, -0.1) is 0 Å². The third-order valence-corrected chi connectivity index (χ3v) is 5.42. The van der Waals surface area contributed by atoms with Gasteiger partial charge in [0.05, 0.1) is 11.4 Å². The van der Waals surface area contributed by atoms with E-state index in [0.717, 1.165) is 22.5 Å². The van der Waals surface area contributed by atoms with E-state index in [1.807, 2.05) is 63.2 Å². The lowest BCUT2D eigenvalue weighted by molar-refractivity contribution is -0.116. The zero-order valence-electron chi connectivity index (χ0n) is 18.0. The summed E-state index contributed by atoms with van der Waals surface area (Å²) in [6.07, 6.45) is 0. The molecule has 8 heteroatoms. The topological polar surface area (TPSA) is 81.8 Å². The monoisotopic (exact) mass is 447 g/mol. The van der Waals surface area contributed by atoms with Crippen molar-refractivity contribution in [3.8, 4) is 17.2 Å². The molecule has 0 saturated carbocycles. The van der Waals surface area contributed by atoms with Crippen molar-refractivity contribution in [3.63, 3.8) is 0 Å². The van der Waals surface area contributed by atoms with E-state index >= 15 is 0 Å². The van der Waals surface area contributed by atoms with Crippen molar-refractivity contribution in [1.29, 1.82) is 0 Å². The van der Waals surface area contributed by atoms with E-state index in [-0.39, 0.29) is 24.0 Å². The van der Waals surface area contributed by atoms with Crippen molar-refractivity contribution < 1.29 is 4.79 Å². The molecule has 1 amide bonds. The molecule has 0 radical (unpaired) electrons. The van der Waals surface area contributed by atoms with Gasteiger partial charge < -0.3 is 5.32 Å². The van der Waals surface area contributed by atoms with Gasteiger partial charge in [0, 0.05) is 28.0 Å². The number of rotatable bonds is 5. The van der Waals surface area contributed by atoms with Gasteiger partial charge in [-0.05, 0) is 44.5 Å². The number of hydrogen-bond acceptors (Lipinski definition) is 4. The lowest BCUT2D eigenvalue weighted by Crippen LogP contribution is -2.31. The number of carbonyl (C=O) groups excluding carboxylic acids is 1. The Kier molecular flexibility index (Phi) is 5.92. The summed E-state index contributed by atoms with van der Waals surface area (Å²) < 4.78 is 2.90. The number of aromatic nitrogens is 4. The van der Waals surface area contributed by atoms with E-state index in [4.69, 9.17) is 16.6 Å². The maximum absolute atomic E-state index is 13.1. The summed E-state index contributed by atoms with van der Waals surface area (Å²) in [7, 11) is 0. The molecule has 2 aromatic heterocycles. The smallest absolute Gasteiger partial charge is 0.256 e. The molecule has 0 atom stereocenters. The molecule has 162 valence electrons. The maximum Gasteiger partial charge on any atom is 0.256 e. The minimum atomic E-state index is -0.371. The summed E-state index contributed by atoms with van der Waals surface area (Å²) in [5.41, 5.74) is 4.02. The number of hydrogen-bond donors (Lipinski definition) is 1. The average Bonchev–Trinajstić information content (AvgIpc) is 3.10. The number of nitrogens with one attached hydrogen (secondary N) is 1. The second kappa shape index (κ2) is 8.80. The van der Waals surface area contributed by atoms with Crippen LogP contribution in [-0.2, 0) is 11.3 Å². The Labute approximate surface area is 190 Å². The molecule has 0 aliphatic heterocycles. The van der Waals surface area contributed by atoms with Crippen molar-refractivity contribution in [3.05, 3.63) is 93.0 Å². The number of nitrogens with zero attached hydrogens (tertiary/aromatic N) is 4. The molecule has 0 fully saturated rings. The van der Waals surface area contributed by atoms with Crippen molar-refractivity contribution in [2.45, 2.75) is 27.3 Å². The molecule has 4 rings (SSSR count). The van der Waals surface area contributed by atoms with Gasteiger partial charge in [0.15, 0.2) is 0 Å². The van der Waals surface area contributed by atoms with Gasteiger partial charge >= 0.3 is 0 Å². The number of anilines is 1. The summed E-state index contributed by atoms with van der Waals surface area (Å²) in [4.78, 5) is 30.6. The molecular weight excluding hydrogens is 426 g/mol. The zero-order chi connectivity index (χ0) is 22.8. The number of carbonyl (C=O) groups is 1. The van der Waals surface area contributed by atoms with Crippen LogP contribution in [0.2, 0.25) is 5.02 Å². The molecule has 2 heterocycles. The fourth-order valence-corrected chi connectivity index (χ4v) is 3.59. The highest BCUT2D eigenvalue weighted by atomic mass is 35.5. The second-order valence-corrected chi connectivity index (χ2v) is 7.99. The quantitative estimate of drug-likeness (QED) is 0.494. The van der Waals surface area contributed by atoms with E-state index in [1.165, 1.54) is 10.6 Å². The third-order valence-electron chi connectivity index (χ3n) is 5.01. The van der Waals surface area contributed by atoms with Crippen molar-refractivity contribution >= 4 is 23.2 Å². The number of aryl methyl sites for hydroxylation is 3. The van der Waals surface area contributed by atoms with Crippen LogP contribution in [0.4, 0.5) is 5.69 Å². The van der Waals surface area contributed by atoms with Gasteiger partial charge in [-0.3, -0.25) is 14.2 Å². The summed E-state index contributed by atoms with van der Waals surface area (Å²) in [5, 5.41) is 7.82. The van der Waals surface area contributed by atoms with Crippen molar-refractivity contribution in [1.82, 2.24) is 19.3 Å². The van der Waals surface area contributed by atoms with Crippen LogP contribution < -0.4 is 10.9 Å². The van der Waals surface area contributed by atoms with Gasteiger partial charge in [-0.2, -0.15) is 5.10 Å². The normalized spacial score (nSPS) is 10.9. The fourth-order valence-electron chi connectivity index (χ4n) is 3.41. The highest BCUT2D eigenvalue weighted by Gasteiger charge is 2.17. The molecule has 0 aliphatic carbocycles. The van der Waals surface area contributed by atoms with E-state index in [9.17, 15) is 9.59 Å². The first-order valence-electron chi connectivity index (χ1n) is 10.1. The van der Waals surface area contributed by atoms with Crippen LogP contribution in [0.3, 0.4) is 0 Å². The summed E-state index contributed by atoms with van der Waals surface area (Å²) in [6, 6.07) is 18.0. The van der Waals surface area contributed by atoms with E-state index in [1.54, 1.807) is 16.8 Å². The molecule has 0 unspecified atom stereocenters. The van der Waals surface area contributed by atoms with Crippen molar-refractivity contribution in [2.24, 2.45) is 0 Å². The Bertz CT molecular complexity index is 1360. The Morgan fingerprint density at radius 2 is 1.78 bits per heavy atom. The van der Waals surface area contributed by atoms with Crippen LogP contribution >= 0.6 is 11.6 Å². The average molecular weight is 448 g/mol. The highest BCUT2D eigenvalue weighted by Crippen LogP contribution is 2.21. The molecule has 7 nitrogen and oxygen atoms in total. The summed E-state index contributed by atoms with van der Waals surface area (Å²) in [5.74, 6) is -0.0943. The van der Waals surface area contributed by atoms with E-state index in [2.05, 4.69) is 10.4 Å². The van der Waals surface area contributed by atoms with Crippen LogP contribution in [0.15, 0.2) is 65.5 Å². The Morgan fingerprint density at radius 1 is 1.03 bits per heavy atom. The first-order valence-corrected chi connectivity index (χ1v) is 10.5. The molecule has 0 bridgehead atoms. The van der Waals surface area contributed by atoms with Gasteiger partial charge in [0.2, 0.25) is 11.9 Å². The predicted octanol–water partition coefficient (Wildman–Crippen LogP) is 4.31. The molecule has 0 aliphatic rings. The molecule has 0 spiro atoms. The van der Waals surface area contributed by atoms with E-state index < -0.39 is 0 Å². The predicted molar refractivity (Wildman–Crippen MR) is 125 cm³/mol. The Hall–Kier alpha value is -3.71. The molecule has 0 saturated heterocycles. The largest absolute Gasteiger partial charge is 0.324 e. The number of benzene rings is 2. The first-order chi connectivity index (χ1) is 15.3. The molecule has 2 aromatic carbocycles. The maximum atomic E-state index is 13.1. The Morgan fingerprint density at radius 3 is 2.44 bits per heavy atom. The Balaban J connectivity index is 1.75. The third kappa shape index (κ3) is 4.48. The SMILES string of the molecule is Cc1cc(C)n(-c2nc(-c3ccccc3)cc(=O)n2CC(=O)Nc2ccc(C)c(Cl)c2)n1. The number of amides is 1.